The lowest BCUT2D eigenvalue weighted by Crippen LogP contribution is -2.74. The molecule has 1 saturated heterocycles. The number of benzene rings is 2. The van der Waals surface area contributed by atoms with Gasteiger partial charge in [0.1, 0.15) is 0 Å². The number of piperidine rings is 1. The zero-order valence-electron chi connectivity index (χ0n) is 22.7. The summed E-state index contributed by atoms with van der Waals surface area (Å²) in [5.74, 6) is 0.0509. The van der Waals surface area contributed by atoms with E-state index in [9.17, 15) is 28.2 Å². The van der Waals surface area contributed by atoms with Crippen molar-refractivity contribution in [3.8, 4) is 11.5 Å². The second-order valence-electron chi connectivity index (χ2n) is 11.2. The van der Waals surface area contributed by atoms with Crippen molar-refractivity contribution >= 4 is 12.0 Å². The molecule has 1 aliphatic heterocycles. The highest BCUT2D eigenvalue weighted by atomic mass is 19.4. The highest BCUT2D eigenvalue weighted by Crippen LogP contribution is 2.61. The number of amides is 1. The molecule has 5 rings (SSSR count). The summed E-state index contributed by atoms with van der Waals surface area (Å²) in [5, 5.41) is 23.2. The highest BCUT2D eigenvalue weighted by Gasteiger charge is 2.66. The van der Waals surface area contributed by atoms with Gasteiger partial charge >= 0.3 is 6.18 Å². The number of rotatable bonds is 6. The SMILES string of the molecule is C=CCN1CC[C@]23C[C@@H](N(C)C(=O)C=Cc4cccc(C(F)(F)F)c4)CC[C@@]2(O)[C@H]1Cc1ccc(O)c(OC)c13. The average Bonchev–Trinajstić information content (AvgIpc) is 2.92. The standard InChI is InChI=1S/C31H35F3N2O4/c1-4-15-36-16-14-29-19-23(35(2)26(38)11-8-20-6-5-7-22(17-20)31(32,33)34)12-13-30(29,39)25(36)18-21-9-10-24(37)28(40-3)27(21)29/h4-11,17,23,25,37,39H,1,12-16,18-19H2,2-3H3/t23-,25+,29+,30+/m0/s1. The third-order valence-corrected chi connectivity index (χ3v) is 9.30. The van der Waals surface area contributed by atoms with E-state index >= 15 is 0 Å². The number of phenolic OH excluding ortho intramolecular Hbond substituents is 1. The molecule has 1 amide bonds. The number of ether oxygens (including phenoxy) is 1. The van der Waals surface area contributed by atoms with Gasteiger partial charge in [-0.2, -0.15) is 13.2 Å². The number of aromatic hydroxyl groups is 1. The molecule has 4 atom stereocenters. The van der Waals surface area contributed by atoms with Crippen molar-refractivity contribution in [2.45, 2.75) is 61.4 Å². The smallest absolute Gasteiger partial charge is 0.416 e. The van der Waals surface area contributed by atoms with Gasteiger partial charge < -0.3 is 19.8 Å². The molecule has 40 heavy (non-hydrogen) atoms. The molecule has 3 aliphatic rings. The topological polar surface area (TPSA) is 73.2 Å². The van der Waals surface area contributed by atoms with Crippen LogP contribution in [0, 0.1) is 0 Å². The van der Waals surface area contributed by atoms with Gasteiger partial charge in [0.25, 0.3) is 0 Å². The van der Waals surface area contributed by atoms with Crippen molar-refractivity contribution in [1.82, 2.24) is 9.80 Å². The van der Waals surface area contributed by atoms with Gasteiger partial charge in [-0.1, -0.05) is 24.3 Å². The van der Waals surface area contributed by atoms with Gasteiger partial charge in [0.15, 0.2) is 11.5 Å². The van der Waals surface area contributed by atoms with Gasteiger partial charge in [0, 0.05) is 42.7 Å². The summed E-state index contributed by atoms with van der Waals surface area (Å²) in [7, 11) is 3.21. The molecule has 1 heterocycles. The number of carbonyl (C=O) groups is 1. The van der Waals surface area contributed by atoms with Crippen LogP contribution in [0.1, 0.15) is 47.9 Å². The Hall–Kier alpha value is -3.30. The van der Waals surface area contributed by atoms with Crippen molar-refractivity contribution < 1.29 is 32.9 Å². The second kappa shape index (κ2) is 10.3. The zero-order valence-corrected chi connectivity index (χ0v) is 22.7. The molecule has 2 N–H and O–H groups in total. The Morgan fingerprint density at radius 3 is 2.75 bits per heavy atom. The number of fused-ring (bicyclic) bond motifs is 1. The Balaban J connectivity index is 1.47. The monoisotopic (exact) mass is 556 g/mol. The van der Waals surface area contributed by atoms with Crippen LogP contribution in [0.3, 0.4) is 0 Å². The molecule has 2 fully saturated rings. The molecule has 0 radical (unpaired) electrons. The fourth-order valence-electron chi connectivity index (χ4n) is 7.37. The number of nitrogens with zero attached hydrogens (tertiary/aromatic N) is 2. The van der Waals surface area contributed by atoms with Crippen LogP contribution in [0.25, 0.3) is 6.08 Å². The van der Waals surface area contributed by atoms with Crippen LogP contribution >= 0.6 is 0 Å². The lowest BCUT2D eigenvalue weighted by molar-refractivity contribution is -0.175. The third kappa shape index (κ3) is 4.49. The third-order valence-electron chi connectivity index (χ3n) is 9.30. The Morgan fingerprint density at radius 2 is 2.05 bits per heavy atom. The van der Waals surface area contributed by atoms with E-state index in [1.807, 2.05) is 12.1 Å². The summed E-state index contributed by atoms with van der Waals surface area (Å²) in [6.45, 7) is 5.26. The quantitative estimate of drug-likeness (QED) is 0.390. The van der Waals surface area contributed by atoms with Crippen molar-refractivity contribution in [1.29, 1.82) is 0 Å². The lowest BCUT2D eigenvalue weighted by Gasteiger charge is -2.65. The van der Waals surface area contributed by atoms with Crippen LogP contribution in [0.2, 0.25) is 0 Å². The molecule has 2 bridgehead atoms. The maximum atomic E-state index is 13.2. The molecule has 9 heteroatoms. The molecular weight excluding hydrogens is 521 g/mol. The van der Waals surface area contributed by atoms with Gasteiger partial charge in [-0.3, -0.25) is 9.69 Å². The van der Waals surface area contributed by atoms with Crippen molar-refractivity contribution in [3.05, 3.63) is 77.4 Å². The van der Waals surface area contributed by atoms with E-state index in [-0.39, 0.29) is 29.3 Å². The van der Waals surface area contributed by atoms with E-state index in [1.165, 1.54) is 31.4 Å². The van der Waals surface area contributed by atoms with Crippen molar-refractivity contribution in [3.63, 3.8) is 0 Å². The Labute approximate surface area is 232 Å². The summed E-state index contributed by atoms with van der Waals surface area (Å²) in [6, 6.07) is 7.99. The maximum Gasteiger partial charge on any atom is 0.416 e. The number of halogens is 3. The van der Waals surface area contributed by atoms with Crippen molar-refractivity contribution in [2.24, 2.45) is 0 Å². The molecule has 2 aliphatic carbocycles. The van der Waals surface area contributed by atoms with E-state index < -0.39 is 22.8 Å². The van der Waals surface area contributed by atoms with Gasteiger partial charge in [0.2, 0.25) is 5.91 Å². The van der Waals surface area contributed by atoms with Crippen molar-refractivity contribution in [2.75, 3.05) is 27.2 Å². The second-order valence-corrected chi connectivity index (χ2v) is 11.2. The van der Waals surface area contributed by atoms with E-state index in [4.69, 9.17) is 4.74 Å². The molecule has 214 valence electrons. The van der Waals surface area contributed by atoms with Crippen LogP contribution in [-0.2, 0) is 22.8 Å². The number of alkyl halides is 3. The zero-order chi connectivity index (χ0) is 28.9. The summed E-state index contributed by atoms with van der Waals surface area (Å²) in [6.07, 6.45) is 2.77. The van der Waals surface area contributed by atoms with Gasteiger partial charge in [-0.25, -0.2) is 0 Å². The molecule has 0 aromatic heterocycles. The van der Waals surface area contributed by atoms with Gasteiger partial charge in [-0.15, -0.1) is 6.58 Å². The van der Waals surface area contributed by atoms with E-state index in [2.05, 4.69) is 11.5 Å². The number of aliphatic hydroxyl groups is 1. The normalized spacial score (nSPS) is 28.1. The predicted molar refractivity (Wildman–Crippen MR) is 146 cm³/mol. The predicted octanol–water partition coefficient (Wildman–Crippen LogP) is 4.93. The summed E-state index contributed by atoms with van der Waals surface area (Å²) >= 11 is 0. The van der Waals surface area contributed by atoms with Crippen LogP contribution in [0.4, 0.5) is 13.2 Å². The van der Waals surface area contributed by atoms with Crippen LogP contribution < -0.4 is 4.74 Å². The van der Waals surface area contributed by atoms with E-state index in [1.54, 1.807) is 18.0 Å². The molecule has 0 unspecified atom stereocenters. The maximum absolute atomic E-state index is 13.2. The minimum absolute atomic E-state index is 0.0144. The molecule has 0 spiro atoms. The fourth-order valence-corrected chi connectivity index (χ4v) is 7.37. The minimum atomic E-state index is -4.46. The number of phenols is 1. The van der Waals surface area contributed by atoms with E-state index in [0.29, 0.717) is 44.4 Å². The summed E-state index contributed by atoms with van der Waals surface area (Å²) < 4.78 is 45.0. The van der Waals surface area contributed by atoms with Crippen LogP contribution in [-0.4, -0.2) is 70.9 Å². The van der Waals surface area contributed by atoms with Crippen LogP contribution in [0.15, 0.2) is 55.1 Å². The summed E-state index contributed by atoms with van der Waals surface area (Å²) in [5.41, 5.74) is -0.515. The number of likely N-dealkylation sites (N-methyl/N-ethyl adjacent to an activating group) is 1. The largest absolute Gasteiger partial charge is 0.504 e. The number of methoxy groups -OCH3 is 1. The average molecular weight is 557 g/mol. The highest BCUT2D eigenvalue weighted by molar-refractivity contribution is 5.91. The Bertz CT molecular complexity index is 1340. The first-order valence-electron chi connectivity index (χ1n) is 13.5. The van der Waals surface area contributed by atoms with Gasteiger partial charge in [-0.05, 0) is 74.1 Å². The number of hydrogen-bond acceptors (Lipinski definition) is 5. The first kappa shape index (κ1) is 28.2. The van der Waals surface area contributed by atoms with Gasteiger partial charge in [0.05, 0.1) is 18.3 Å². The fraction of sp³-hybridized carbons (Fsp3) is 0.452. The molecular formula is C31H35F3N2O4. The number of likely N-dealkylation sites (tertiary alicyclic amines) is 1. The Morgan fingerprint density at radius 1 is 1.27 bits per heavy atom. The molecule has 2 aromatic carbocycles. The van der Waals surface area contributed by atoms with Crippen LogP contribution in [0.5, 0.6) is 11.5 Å². The molecule has 1 saturated carbocycles. The first-order valence-corrected chi connectivity index (χ1v) is 13.5. The summed E-state index contributed by atoms with van der Waals surface area (Å²) in [4.78, 5) is 17.1. The first-order chi connectivity index (χ1) is 18.9. The minimum Gasteiger partial charge on any atom is -0.504 e. The number of carbonyl (C=O) groups excluding carboxylic acids is 1. The molecule has 6 nitrogen and oxygen atoms in total. The molecule has 2 aromatic rings. The number of hydrogen-bond donors (Lipinski definition) is 2. The van der Waals surface area contributed by atoms with E-state index in [0.717, 1.165) is 29.8 Å². The lowest BCUT2D eigenvalue weighted by atomic mass is 9.48. The Kier molecular flexibility index (Phi) is 7.25.